The van der Waals surface area contributed by atoms with E-state index in [1.807, 2.05) is 121 Å². The number of urea groups is 1. The highest BCUT2D eigenvalue weighted by atomic mass is 16.6. The Bertz CT molecular complexity index is 2970. The van der Waals surface area contributed by atoms with Crippen LogP contribution in [0.15, 0.2) is 152 Å². The molecule has 360 valence electrons. The van der Waals surface area contributed by atoms with Gasteiger partial charge in [-0.15, -0.1) is 0 Å². The number of aliphatic hydroxyl groups is 1. The number of hydrogen-bond acceptors (Lipinski definition) is 11. The summed E-state index contributed by atoms with van der Waals surface area (Å²) in [5.74, 6) is 4.14. The molecule has 3 fully saturated rings. The molecular formula is C57H53N5O9. The first kappa shape index (κ1) is 46.8. The summed E-state index contributed by atoms with van der Waals surface area (Å²) in [5, 5.41) is 15.7. The number of carbonyl (C=O) groups excluding carboxylic acids is 4. The van der Waals surface area contributed by atoms with Crippen molar-refractivity contribution in [1.29, 1.82) is 0 Å². The number of benzene rings is 6. The smallest absolute Gasteiger partial charge is 0.329 e. The van der Waals surface area contributed by atoms with Crippen LogP contribution in [0.25, 0.3) is 0 Å². The summed E-state index contributed by atoms with van der Waals surface area (Å²) in [6.45, 7) is 4.40. The Labute approximate surface area is 412 Å². The van der Waals surface area contributed by atoms with Gasteiger partial charge in [0.05, 0.1) is 50.6 Å². The molecule has 6 atom stereocenters. The van der Waals surface area contributed by atoms with Gasteiger partial charge in [-0.25, -0.2) is 9.69 Å². The Balaban J connectivity index is 1.19. The number of cyclic esters (lactones) is 1. The minimum atomic E-state index is -1.98. The zero-order valence-corrected chi connectivity index (χ0v) is 39.3. The second-order valence-electron chi connectivity index (χ2n) is 17.9. The lowest BCUT2D eigenvalue weighted by Gasteiger charge is -2.45. The maximum Gasteiger partial charge on any atom is 0.329 e. The van der Waals surface area contributed by atoms with Crippen LogP contribution in [0.3, 0.4) is 0 Å². The number of amides is 4. The number of methoxy groups -OCH3 is 1. The van der Waals surface area contributed by atoms with Crippen LogP contribution >= 0.6 is 0 Å². The Hall–Kier alpha value is -7.96. The molecule has 0 aromatic heterocycles. The molecule has 6 aromatic carbocycles. The minimum Gasteiger partial charge on any atom is -0.497 e. The van der Waals surface area contributed by atoms with E-state index in [1.165, 1.54) is 0 Å². The molecule has 0 unspecified atom stereocenters. The average Bonchev–Trinajstić information content (AvgIpc) is 3.86. The highest BCUT2D eigenvalue weighted by molar-refractivity contribution is 6.25. The number of nitrogens with one attached hydrogen (secondary N) is 2. The van der Waals surface area contributed by atoms with Gasteiger partial charge in [-0.2, -0.15) is 0 Å². The molecule has 14 nitrogen and oxygen atoms in total. The molecule has 4 aliphatic rings. The van der Waals surface area contributed by atoms with Crippen molar-refractivity contribution < 1.29 is 43.2 Å². The van der Waals surface area contributed by atoms with Gasteiger partial charge in [0.15, 0.2) is 0 Å². The SMILES string of the molecule is COc1ccc(C#Cc2ccc3c(c2)[C@]2(C(=O)N3C(=O)NCc3ccccc3)[C@H](c3ccc(OCCO)cc3)N3[C@H](c4ccccc4)[C@H](C)OC(=O)[C@H]3[C@@H]2C(=O)Nc2ccc(N3CCOCC3)cc2)cc1. The number of aliphatic hydroxyl groups excluding tert-OH is 1. The van der Waals surface area contributed by atoms with Crippen molar-refractivity contribution >= 4 is 40.9 Å². The Morgan fingerprint density at radius 1 is 0.775 bits per heavy atom. The quantitative estimate of drug-likeness (QED) is 0.0894. The fourth-order valence-corrected chi connectivity index (χ4v) is 10.7. The largest absolute Gasteiger partial charge is 0.497 e. The molecule has 71 heavy (non-hydrogen) atoms. The predicted molar refractivity (Wildman–Crippen MR) is 267 cm³/mol. The van der Waals surface area contributed by atoms with E-state index in [4.69, 9.17) is 18.9 Å². The van der Waals surface area contributed by atoms with Gasteiger partial charge in [0.25, 0.3) is 0 Å². The van der Waals surface area contributed by atoms with Gasteiger partial charge in [-0.3, -0.25) is 19.3 Å². The molecule has 3 N–H and O–H groups in total. The minimum absolute atomic E-state index is 0.0509. The molecule has 0 saturated carbocycles. The Morgan fingerprint density at radius 3 is 2.13 bits per heavy atom. The lowest BCUT2D eigenvalue weighted by atomic mass is 9.65. The van der Waals surface area contributed by atoms with Crippen LogP contribution in [0, 0.1) is 17.8 Å². The Morgan fingerprint density at radius 2 is 1.44 bits per heavy atom. The molecule has 0 bridgehead atoms. The number of anilines is 3. The maximum absolute atomic E-state index is 16.5. The number of imide groups is 1. The number of morpholine rings is 2. The molecule has 4 aliphatic heterocycles. The molecule has 0 radical (unpaired) electrons. The fraction of sp³-hybridized carbons (Fsp3) is 0.263. The standard InChI is InChI=1S/C57H53N5O9/c1-37-50(41-11-7-4-8-12-41)62-51(54(65)71-37)49(53(64)59-43-20-22-44(23-21-43)60-29-32-69-33-30-60)57(52(62)42-18-26-46(27-19-42)70-34-31-63)47-35-39(14-13-38-15-24-45(68-2)25-16-38)17-28-48(47)61(55(57)66)56(67)58-36-40-9-5-3-6-10-40/h3-12,15-28,35,37,49-52,63H,29-34,36H2,1-2H3,(H,58,67)(H,59,64)/t37-,49+,50-,51+,52-,57+/m0/s1. The lowest BCUT2D eigenvalue weighted by Crippen LogP contribution is -2.55. The van der Waals surface area contributed by atoms with Crippen molar-refractivity contribution in [2.24, 2.45) is 5.92 Å². The van der Waals surface area contributed by atoms with Gasteiger partial charge in [0, 0.05) is 42.1 Å². The summed E-state index contributed by atoms with van der Waals surface area (Å²) in [7, 11) is 1.59. The monoisotopic (exact) mass is 951 g/mol. The van der Waals surface area contributed by atoms with Crippen LogP contribution in [0.5, 0.6) is 11.5 Å². The third-order valence-electron chi connectivity index (χ3n) is 13.8. The van der Waals surface area contributed by atoms with Crippen LogP contribution in [0.1, 0.15) is 52.4 Å². The van der Waals surface area contributed by atoms with Crippen LogP contribution < -0.4 is 29.9 Å². The van der Waals surface area contributed by atoms with Crippen LogP contribution in [-0.2, 0) is 35.8 Å². The fourth-order valence-electron chi connectivity index (χ4n) is 10.7. The van der Waals surface area contributed by atoms with Crippen LogP contribution in [-0.4, -0.2) is 92.6 Å². The Kier molecular flexibility index (Phi) is 13.3. The summed E-state index contributed by atoms with van der Waals surface area (Å²) < 4.78 is 23.0. The molecule has 6 aromatic rings. The van der Waals surface area contributed by atoms with Crippen molar-refractivity contribution in [3.63, 3.8) is 0 Å². The van der Waals surface area contributed by atoms with Gasteiger partial charge in [-0.05, 0) is 108 Å². The number of nitrogens with zero attached hydrogens (tertiary/aromatic N) is 3. The van der Waals surface area contributed by atoms with E-state index < -0.39 is 59.4 Å². The molecule has 4 amide bonds. The third kappa shape index (κ3) is 8.84. The first-order valence-electron chi connectivity index (χ1n) is 23.8. The van der Waals surface area contributed by atoms with Gasteiger partial charge in [-0.1, -0.05) is 84.6 Å². The average molecular weight is 952 g/mol. The number of carbonyl (C=O) groups is 4. The summed E-state index contributed by atoms with van der Waals surface area (Å²) in [6, 6.07) is 42.2. The highest BCUT2D eigenvalue weighted by Crippen LogP contribution is 2.65. The molecular weight excluding hydrogens is 899 g/mol. The molecule has 4 heterocycles. The summed E-state index contributed by atoms with van der Waals surface area (Å²) >= 11 is 0. The topological polar surface area (TPSA) is 159 Å². The molecule has 14 heteroatoms. The van der Waals surface area contributed by atoms with Gasteiger partial charge in [0.1, 0.15) is 35.7 Å². The summed E-state index contributed by atoms with van der Waals surface area (Å²) in [5.41, 5.74) is 3.39. The maximum atomic E-state index is 16.5. The van der Waals surface area contributed by atoms with E-state index in [9.17, 15) is 9.90 Å². The first-order chi connectivity index (χ1) is 34.7. The second-order valence-corrected chi connectivity index (χ2v) is 17.9. The summed E-state index contributed by atoms with van der Waals surface area (Å²) in [6.07, 6.45) is -0.745. The van der Waals surface area contributed by atoms with Crippen molar-refractivity contribution in [3.8, 4) is 23.3 Å². The van der Waals surface area contributed by atoms with Gasteiger partial charge in [0.2, 0.25) is 11.8 Å². The van der Waals surface area contributed by atoms with Crippen molar-refractivity contribution in [3.05, 3.63) is 185 Å². The van der Waals surface area contributed by atoms with Crippen LogP contribution in [0.2, 0.25) is 0 Å². The van der Waals surface area contributed by atoms with E-state index in [0.29, 0.717) is 52.7 Å². The number of fused-ring (bicyclic) bond motifs is 3. The predicted octanol–water partition coefficient (Wildman–Crippen LogP) is 7.16. The second kappa shape index (κ2) is 20.2. The number of hydrogen-bond donors (Lipinski definition) is 3. The number of esters is 1. The summed E-state index contributed by atoms with van der Waals surface area (Å²) in [4.78, 5) is 67.7. The number of rotatable bonds is 11. The molecule has 10 rings (SSSR count). The van der Waals surface area contributed by atoms with E-state index in [1.54, 1.807) is 49.6 Å². The van der Waals surface area contributed by atoms with E-state index in [0.717, 1.165) is 34.8 Å². The highest BCUT2D eigenvalue weighted by Gasteiger charge is 2.75. The lowest BCUT2D eigenvalue weighted by molar-refractivity contribution is -0.175. The zero-order valence-electron chi connectivity index (χ0n) is 39.3. The van der Waals surface area contributed by atoms with E-state index in [2.05, 4.69) is 27.4 Å². The molecule has 0 aliphatic carbocycles. The third-order valence-corrected chi connectivity index (χ3v) is 13.8. The van der Waals surface area contributed by atoms with Crippen LogP contribution in [0.4, 0.5) is 21.9 Å². The zero-order chi connectivity index (χ0) is 49.1. The van der Waals surface area contributed by atoms with Crippen molar-refractivity contribution in [1.82, 2.24) is 10.2 Å². The van der Waals surface area contributed by atoms with Gasteiger partial charge >= 0.3 is 12.0 Å². The molecule has 1 spiro atoms. The van der Waals surface area contributed by atoms with E-state index in [-0.39, 0.29) is 25.4 Å². The van der Waals surface area contributed by atoms with Crippen molar-refractivity contribution in [2.45, 2.75) is 43.1 Å². The first-order valence-corrected chi connectivity index (χ1v) is 23.8. The number of ether oxygens (including phenoxy) is 4. The van der Waals surface area contributed by atoms with Gasteiger partial charge < -0.3 is 39.6 Å². The van der Waals surface area contributed by atoms with Crippen molar-refractivity contribution in [2.75, 3.05) is 61.7 Å². The normalized spacial score (nSPS) is 22.4. The van der Waals surface area contributed by atoms with E-state index >= 15 is 14.4 Å². The molecule has 3 saturated heterocycles.